The first-order valence-corrected chi connectivity index (χ1v) is 9.19. The van der Waals surface area contributed by atoms with Crippen LogP contribution in [-0.2, 0) is 10.0 Å². The summed E-state index contributed by atoms with van der Waals surface area (Å²) in [4.78, 5) is 0.369. The van der Waals surface area contributed by atoms with E-state index in [9.17, 15) is 8.42 Å². The van der Waals surface area contributed by atoms with Crippen LogP contribution in [0.15, 0.2) is 33.6 Å². The van der Waals surface area contributed by atoms with Gasteiger partial charge in [0.05, 0.1) is 4.90 Å². The molecule has 1 aliphatic rings. The molecular weight excluding hydrogens is 338 g/mol. The van der Waals surface area contributed by atoms with Gasteiger partial charge in [-0.1, -0.05) is 29.8 Å². The van der Waals surface area contributed by atoms with E-state index < -0.39 is 10.0 Å². The molecule has 1 aliphatic carbocycles. The highest BCUT2D eigenvalue weighted by Gasteiger charge is 2.33. The molecule has 0 radical (unpaired) electrons. The molecule has 112 valence electrons. The zero-order chi connectivity index (χ0) is 15.0. The molecule has 3 nitrogen and oxygen atoms in total. The van der Waals surface area contributed by atoms with Gasteiger partial charge in [0.15, 0.2) is 0 Å². The lowest BCUT2D eigenvalue weighted by atomic mass is 9.76. The Morgan fingerprint density at radius 1 is 1.15 bits per heavy atom. The smallest absolute Gasteiger partial charge is 0.207 e. The number of halogens is 1. The maximum Gasteiger partial charge on any atom is 0.243 e. The fourth-order valence-electron chi connectivity index (χ4n) is 2.72. The lowest BCUT2D eigenvalue weighted by Gasteiger charge is -2.38. The number of benzene rings is 1. The summed E-state index contributed by atoms with van der Waals surface area (Å²) in [6, 6.07) is 6.97. The monoisotopic (exact) mass is 359 g/mol. The molecule has 0 unspecified atom stereocenters. The fraction of sp³-hybridized carbons (Fsp3) is 0.600. The largest absolute Gasteiger partial charge is 0.243 e. The first-order chi connectivity index (χ1) is 9.22. The molecule has 0 aliphatic heterocycles. The van der Waals surface area contributed by atoms with Gasteiger partial charge in [0.1, 0.15) is 0 Å². The minimum absolute atomic E-state index is 0.122. The van der Waals surface area contributed by atoms with Gasteiger partial charge in [0.25, 0.3) is 0 Å². The number of hydrogen-bond donors (Lipinski definition) is 0. The van der Waals surface area contributed by atoms with Crippen molar-refractivity contribution in [2.75, 3.05) is 7.05 Å². The van der Waals surface area contributed by atoms with Crippen LogP contribution in [0, 0.1) is 5.41 Å². The van der Waals surface area contributed by atoms with Crippen LogP contribution in [0.25, 0.3) is 0 Å². The van der Waals surface area contributed by atoms with Crippen molar-refractivity contribution < 1.29 is 8.42 Å². The van der Waals surface area contributed by atoms with Gasteiger partial charge in [-0.15, -0.1) is 0 Å². The van der Waals surface area contributed by atoms with Crippen LogP contribution in [0.5, 0.6) is 0 Å². The molecule has 0 N–H and O–H groups in total. The van der Waals surface area contributed by atoms with Gasteiger partial charge in [-0.3, -0.25) is 0 Å². The molecule has 0 atom stereocenters. The minimum atomic E-state index is -3.38. The van der Waals surface area contributed by atoms with Gasteiger partial charge in [-0.05, 0) is 55.4 Å². The van der Waals surface area contributed by atoms with Crippen molar-refractivity contribution in [1.29, 1.82) is 0 Å². The normalized spacial score (nSPS) is 20.2. The van der Waals surface area contributed by atoms with Gasteiger partial charge in [0.2, 0.25) is 10.0 Å². The van der Waals surface area contributed by atoms with E-state index in [1.165, 1.54) is 0 Å². The first kappa shape index (κ1) is 16.0. The van der Waals surface area contributed by atoms with Gasteiger partial charge < -0.3 is 0 Å². The third-order valence-corrected chi connectivity index (χ3v) is 6.77. The number of sulfonamides is 1. The second kappa shape index (κ2) is 5.78. The molecule has 1 fully saturated rings. The average molecular weight is 360 g/mol. The maximum atomic E-state index is 12.6. The van der Waals surface area contributed by atoms with E-state index in [1.54, 1.807) is 35.6 Å². The number of rotatable bonds is 3. The molecule has 20 heavy (non-hydrogen) atoms. The number of nitrogens with zero attached hydrogens (tertiary/aromatic N) is 1. The molecule has 0 amide bonds. The summed E-state index contributed by atoms with van der Waals surface area (Å²) < 4.78 is 27.7. The Balaban J connectivity index is 2.16. The fourth-order valence-corrected chi connectivity index (χ4v) is 4.40. The summed E-state index contributed by atoms with van der Waals surface area (Å²) in [5.74, 6) is 0. The van der Waals surface area contributed by atoms with Crippen LogP contribution in [-0.4, -0.2) is 25.8 Å². The van der Waals surface area contributed by atoms with E-state index in [4.69, 9.17) is 0 Å². The summed E-state index contributed by atoms with van der Waals surface area (Å²) in [6.45, 7) is 4.51. The van der Waals surface area contributed by atoms with Crippen LogP contribution in [0.2, 0.25) is 0 Å². The van der Waals surface area contributed by atoms with E-state index >= 15 is 0 Å². The molecule has 0 bridgehead atoms. The summed E-state index contributed by atoms with van der Waals surface area (Å²) in [5, 5.41) is 0. The Kier molecular flexibility index (Phi) is 4.62. The van der Waals surface area contributed by atoms with E-state index in [0.29, 0.717) is 10.3 Å². The van der Waals surface area contributed by atoms with Crippen LogP contribution in [0.3, 0.4) is 0 Å². The average Bonchev–Trinajstić information content (AvgIpc) is 2.38. The molecule has 1 aromatic carbocycles. The molecule has 5 heteroatoms. The highest BCUT2D eigenvalue weighted by Crippen LogP contribution is 2.37. The van der Waals surface area contributed by atoms with Gasteiger partial charge in [-0.2, -0.15) is 4.31 Å². The summed E-state index contributed by atoms with van der Waals surface area (Å²) in [5.41, 5.74) is 0.346. The summed E-state index contributed by atoms with van der Waals surface area (Å²) in [7, 11) is -1.67. The Hall–Kier alpha value is -0.390. The predicted molar refractivity (Wildman–Crippen MR) is 85.1 cm³/mol. The van der Waals surface area contributed by atoms with Crippen molar-refractivity contribution in [2.24, 2.45) is 5.41 Å². The second-order valence-electron chi connectivity index (χ2n) is 6.37. The highest BCUT2D eigenvalue weighted by atomic mass is 79.9. The molecule has 2 rings (SSSR count). The second-order valence-corrected chi connectivity index (χ2v) is 9.28. The Morgan fingerprint density at radius 3 is 2.15 bits per heavy atom. The highest BCUT2D eigenvalue weighted by molar-refractivity contribution is 9.10. The van der Waals surface area contributed by atoms with Crippen molar-refractivity contribution >= 4 is 26.0 Å². The zero-order valence-corrected chi connectivity index (χ0v) is 14.7. The molecule has 0 heterocycles. The van der Waals surface area contributed by atoms with Gasteiger partial charge in [0, 0.05) is 17.6 Å². The Morgan fingerprint density at radius 2 is 1.65 bits per heavy atom. The molecule has 0 saturated heterocycles. The van der Waals surface area contributed by atoms with Crippen molar-refractivity contribution in [2.45, 2.75) is 50.5 Å². The van der Waals surface area contributed by atoms with E-state index in [2.05, 4.69) is 29.8 Å². The molecule has 1 saturated carbocycles. The molecule has 0 spiro atoms. The maximum absolute atomic E-state index is 12.6. The molecule has 1 aromatic rings. The van der Waals surface area contributed by atoms with Crippen LogP contribution < -0.4 is 0 Å². The van der Waals surface area contributed by atoms with Crippen LogP contribution in [0.4, 0.5) is 0 Å². The van der Waals surface area contributed by atoms with E-state index in [-0.39, 0.29) is 6.04 Å². The molecule has 0 aromatic heterocycles. The van der Waals surface area contributed by atoms with Gasteiger partial charge >= 0.3 is 0 Å². The quantitative estimate of drug-likeness (QED) is 0.816. The SMILES string of the molecule is CN(C1CCC(C)(C)CC1)S(=O)(=O)c1ccc(Br)cc1. The third kappa shape index (κ3) is 3.43. The van der Waals surface area contributed by atoms with E-state index in [0.717, 1.165) is 30.2 Å². The summed E-state index contributed by atoms with van der Waals surface area (Å²) >= 11 is 3.33. The van der Waals surface area contributed by atoms with Crippen molar-refractivity contribution in [3.63, 3.8) is 0 Å². The van der Waals surface area contributed by atoms with Crippen molar-refractivity contribution in [1.82, 2.24) is 4.31 Å². The first-order valence-electron chi connectivity index (χ1n) is 6.96. The third-order valence-electron chi connectivity index (χ3n) is 4.31. The van der Waals surface area contributed by atoms with Crippen LogP contribution >= 0.6 is 15.9 Å². The topological polar surface area (TPSA) is 37.4 Å². The zero-order valence-electron chi connectivity index (χ0n) is 12.3. The Bertz CT molecular complexity index is 556. The standard InChI is InChI=1S/C15H22BrNO2S/c1-15(2)10-8-13(9-11-15)17(3)20(18,19)14-6-4-12(16)5-7-14/h4-7,13H,8-11H2,1-3H3. The van der Waals surface area contributed by atoms with E-state index in [1.807, 2.05) is 0 Å². The summed E-state index contributed by atoms with van der Waals surface area (Å²) in [6.07, 6.45) is 4.05. The number of hydrogen-bond acceptors (Lipinski definition) is 2. The lowest BCUT2D eigenvalue weighted by Crippen LogP contribution is -2.40. The lowest BCUT2D eigenvalue weighted by molar-refractivity contribution is 0.174. The minimum Gasteiger partial charge on any atom is -0.207 e. The Labute approximate surface area is 130 Å². The van der Waals surface area contributed by atoms with Crippen LogP contribution in [0.1, 0.15) is 39.5 Å². The van der Waals surface area contributed by atoms with Crippen molar-refractivity contribution in [3.05, 3.63) is 28.7 Å². The van der Waals surface area contributed by atoms with Gasteiger partial charge in [-0.25, -0.2) is 8.42 Å². The van der Waals surface area contributed by atoms with Crippen molar-refractivity contribution in [3.8, 4) is 0 Å². The predicted octanol–water partition coefficient (Wildman–Crippen LogP) is 4.04. The molecular formula is C15H22BrNO2S.